The number of thioether (sulfide) groups is 1. The number of fused-ring (bicyclic) bond motifs is 2. The van der Waals surface area contributed by atoms with Crippen LogP contribution in [0.4, 0.5) is 5.69 Å². The minimum Gasteiger partial charge on any atom is -0.350 e. The molecule has 0 bridgehead atoms. The minimum absolute atomic E-state index is 0.118. The number of benzene rings is 3. The highest BCUT2D eigenvalue weighted by Crippen LogP contribution is 2.36. The van der Waals surface area contributed by atoms with Crippen molar-refractivity contribution in [1.82, 2.24) is 5.32 Å². The number of rotatable bonds is 4. The lowest BCUT2D eigenvalue weighted by atomic mass is 10.0. The summed E-state index contributed by atoms with van der Waals surface area (Å²) in [6, 6.07) is 21.9. The van der Waals surface area contributed by atoms with E-state index in [4.69, 9.17) is 0 Å². The monoisotopic (exact) mass is 376 g/mol. The summed E-state index contributed by atoms with van der Waals surface area (Å²) in [6.07, 6.45) is 0.156. The van der Waals surface area contributed by atoms with E-state index in [1.807, 2.05) is 49.4 Å². The summed E-state index contributed by atoms with van der Waals surface area (Å²) in [5.41, 5.74) is 1.86. The van der Waals surface area contributed by atoms with Crippen LogP contribution in [0.25, 0.3) is 10.8 Å². The average Bonchev–Trinajstić information content (AvgIpc) is 2.68. The summed E-state index contributed by atoms with van der Waals surface area (Å²) in [5, 5.41) is 7.81. The fraction of sp³-hybridized carbons (Fsp3) is 0.182. The molecule has 0 saturated carbocycles. The first-order valence-corrected chi connectivity index (χ1v) is 9.83. The van der Waals surface area contributed by atoms with Gasteiger partial charge in [-0.05, 0) is 41.5 Å². The van der Waals surface area contributed by atoms with Crippen LogP contribution in [0.5, 0.6) is 0 Å². The first-order valence-electron chi connectivity index (χ1n) is 8.95. The standard InChI is InChI=1S/C22H20N2O2S/c1-14(16-11-10-15-6-2-3-7-17(15)12-16)23-21(25)13-20-22(26)24-18-8-4-5-9-19(18)27-20/h2-12,14,20H,13H2,1H3,(H,23,25)(H,24,26). The second-order valence-electron chi connectivity index (χ2n) is 6.69. The van der Waals surface area contributed by atoms with Gasteiger partial charge >= 0.3 is 0 Å². The highest BCUT2D eigenvalue weighted by atomic mass is 32.2. The molecule has 3 aromatic carbocycles. The molecule has 2 unspecified atom stereocenters. The topological polar surface area (TPSA) is 58.2 Å². The Morgan fingerprint density at radius 2 is 1.81 bits per heavy atom. The summed E-state index contributed by atoms with van der Waals surface area (Å²) in [5.74, 6) is -0.241. The van der Waals surface area contributed by atoms with Gasteiger partial charge in [0.05, 0.1) is 17.0 Å². The lowest BCUT2D eigenvalue weighted by Gasteiger charge is -2.24. The van der Waals surface area contributed by atoms with Crippen molar-refractivity contribution >= 4 is 40.0 Å². The van der Waals surface area contributed by atoms with Crippen molar-refractivity contribution in [2.24, 2.45) is 0 Å². The smallest absolute Gasteiger partial charge is 0.238 e. The van der Waals surface area contributed by atoms with Crippen molar-refractivity contribution in [2.45, 2.75) is 29.5 Å². The number of hydrogen-bond acceptors (Lipinski definition) is 3. The average molecular weight is 376 g/mol. The minimum atomic E-state index is -0.413. The summed E-state index contributed by atoms with van der Waals surface area (Å²) < 4.78 is 0. The zero-order valence-corrected chi connectivity index (χ0v) is 15.8. The Bertz CT molecular complexity index is 1020. The van der Waals surface area contributed by atoms with E-state index in [9.17, 15) is 9.59 Å². The van der Waals surface area contributed by atoms with Gasteiger partial charge in [0.25, 0.3) is 0 Å². The molecule has 2 amide bonds. The first-order chi connectivity index (χ1) is 13.1. The molecule has 2 atom stereocenters. The fourth-order valence-corrected chi connectivity index (χ4v) is 4.37. The van der Waals surface area contributed by atoms with Gasteiger partial charge in [0.2, 0.25) is 11.8 Å². The summed E-state index contributed by atoms with van der Waals surface area (Å²) in [6.45, 7) is 1.96. The van der Waals surface area contributed by atoms with Gasteiger partial charge in [-0.1, -0.05) is 48.5 Å². The Morgan fingerprint density at radius 1 is 1.07 bits per heavy atom. The maximum atomic E-state index is 12.5. The Kier molecular flexibility index (Phi) is 4.86. The lowest BCUT2D eigenvalue weighted by Crippen LogP contribution is -2.35. The van der Waals surface area contributed by atoms with E-state index in [1.165, 1.54) is 17.1 Å². The maximum absolute atomic E-state index is 12.5. The Morgan fingerprint density at radius 3 is 2.67 bits per heavy atom. The van der Waals surface area contributed by atoms with Gasteiger partial charge in [0.15, 0.2) is 0 Å². The quantitative estimate of drug-likeness (QED) is 0.704. The van der Waals surface area contributed by atoms with Gasteiger partial charge in [-0.15, -0.1) is 11.8 Å². The molecule has 1 heterocycles. The van der Waals surface area contributed by atoms with Crippen molar-refractivity contribution in [3.05, 3.63) is 72.3 Å². The number of nitrogens with one attached hydrogen (secondary N) is 2. The molecular weight excluding hydrogens is 356 g/mol. The number of amides is 2. The molecule has 27 heavy (non-hydrogen) atoms. The Balaban J connectivity index is 1.42. The van der Waals surface area contributed by atoms with E-state index in [0.29, 0.717) is 0 Å². The van der Waals surface area contributed by atoms with Gasteiger partial charge in [0.1, 0.15) is 0 Å². The molecule has 4 nitrogen and oxygen atoms in total. The molecule has 0 saturated heterocycles. The number of carbonyl (C=O) groups excluding carboxylic acids is 2. The molecule has 1 aliphatic rings. The molecular formula is C22H20N2O2S. The number of carbonyl (C=O) groups is 2. The third-order valence-electron chi connectivity index (χ3n) is 4.73. The van der Waals surface area contributed by atoms with E-state index >= 15 is 0 Å². The summed E-state index contributed by atoms with van der Waals surface area (Å²) in [7, 11) is 0. The van der Waals surface area contributed by atoms with E-state index in [1.54, 1.807) is 0 Å². The van der Waals surface area contributed by atoms with Crippen LogP contribution >= 0.6 is 11.8 Å². The van der Waals surface area contributed by atoms with E-state index in [2.05, 4.69) is 34.9 Å². The van der Waals surface area contributed by atoms with Crippen molar-refractivity contribution in [1.29, 1.82) is 0 Å². The molecule has 0 spiro atoms. The van der Waals surface area contributed by atoms with Crippen LogP contribution in [0, 0.1) is 0 Å². The molecule has 2 N–H and O–H groups in total. The SMILES string of the molecule is CC(NC(=O)CC1Sc2ccccc2NC1=O)c1ccc2ccccc2c1. The molecule has 0 aliphatic carbocycles. The number of para-hydroxylation sites is 1. The van der Waals surface area contributed by atoms with E-state index in [0.717, 1.165) is 21.5 Å². The number of anilines is 1. The van der Waals surface area contributed by atoms with Crippen molar-refractivity contribution in [3.63, 3.8) is 0 Å². The third kappa shape index (κ3) is 3.83. The van der Waals surface area contributed by atoms with Crippen LogP contribution in [0.2, 0.25) is 0 Å². The highest BCUT2D eigenvalue weighted by Gasteiger charge is 2.29. The van der Waals surface area contributed by atoms with Crippen LogP contribution in [0.1, 0.15) is 24.9 Å². The molecule has 0 fully saturated rings. The predicted octanol–water partition coefficient (Wildman–Crippen LogP) is 4.52. The normalized spacial score (nSPS) is 17.1. The third-order valence-corrected chi connectivity index (χ3v) is 6.00. The van der Waals surface area contributed by atoms with Crippen molar-refractivity contribution < 1.29 is 9.59 Å². The van der Waals surface area contributed by atoms with Gasteiger partial charge in [-0.25, -0.2) is 0 Å². The molecule has 136 valence electrons. The second kappa shape index (κ2) is 7.45. The van der Waals surface area contributed by atoms with E-state index in [-0.39, 0.29) is 24.3 Å². The number of hydrogen-bond donors (Lipinski definition) is 2. The molecule has 5 heteroatoms. The van der Waals surface area contributed by atoms with Crippen LogP contribution in [-0.2, 0) is 9.59 Å². The molecule has 1 aliphatic heterocycles. The first kappa shape index (κ1) is 17.6. The maximum Gasteiger partial charge on any atom is 0.238 e. The Labute approximate surface area is 162 Å². The lowest BCUT2D eigenvalue weighted by molar-refractivity contribution is -0.124. The van der Waals surface area contributed by atoms with Gasteiger partial charge < -0.3 is 10.6 Å². The van der Waals surface area contributed by atoms with Gasteiger partial charge in [0, 0.05) is 11.3 Å². The molecule has 0 aromatic heterocycles. The fourth-order valence-electron chi connectivity index (χ4n) is 3.26. The highest BCUT2D eigenvalue weighted by molar-refractivity contribution is 8.01. The summed E-state index contributed by atoms with van der Waals surface area (Å²) in [4.78, 5) is 25.8. The van der Waals surface area contributed by atoms with Crippen LogP contribution in [0.15, 0.2) is 71.6 Å². The van der Waals surface area contributed by atoms with Crippen molar-refractivity contribution in [2.75, 3.05) is 5.32 Å². The Hall–Kier alpha value is -2.79. The van der Waals surface area contributed by atoms with E-state index < -0.39 is 5.25 Å². The second-order valence-corrected chi connectivity index (χ2v) is 7.94. The van der Waals surface area contributed by atoms with Crippen molar-refractivity contribution in [3.8, 4) is 0 Å². The predicted molar refractivity (Wildman–Crippen MR) is 110 cm³/mol. The van der Waals surface area contributed by atoms with Crippen LogP contribution < -0.4 is 10.6 Å². The molecule has 0 radical (unpaired) electrons. The van der Waals surface area contributed by atoms with Crippen LogP contribution in [-0.4, -0.2) is 17.1 Å². The molecule has 4 rings (SSSR count). The van der Waals surface area contributed by atoms with Gasteiger partial charge in [-0.2, -0.15) is 0 Å². The van der Waals surface area contributed by atoms with Gasteiger partial charge in [-0.3, -0.25) is 9.59 Å². The zero-order chi connectivity index (χ0) is 18.8. The zero-order valence-electron chi connectivity index (χ0n) is 14.9. The van der Waals surface area contributed by atoms with Crippen LogP contribution in [0.3, 0.4) is 0 Å². The summed E-state index contributed by atoms with van der Waals surface area (Å²) >= 11 is 1.45. The largest absolute Gasteiger partial charge is 0.350 e. The molecule has 3 aromatic rings.